The lowest BCUT2D eigenvalue weighted by Crippen LogP contribution is -2.32. The van der Waals surface area contributed by atoms with Crippen LogP contribution in [0.25, 0.3) is 0 Å². The maximum atomic E-state index is 11.5. The third-order valence-corrected chi connectivity index (χ3v) is 2.40. The largest absolute Gasteiger partial charge is 0.391 e. The second-order valence-corrected chi connectivity index (χ2v) is 4.05. The standard InChI is InChI=1S/C10H13BrN2O2/c1-2-8(14)6-13-10(15)9-4-3-7(11)5-12-9/h3-5,8,14H,2,6H2,1H3,(H,13,15). The Kier molecular flexibility index (Phi) is 4.71. The molecule has 0 fully saturated rings. The number of rotatable bonds is 4. The summed E-state index contributed by atoms with van der Waals surface area (Å²) in [4.78, 5) is 15.4. The highest BCUT2D eigenvalue weighted by Gasteiger charge is 2.08. The molecule has 4 nitrogen and oxygen atoms in total. The van der Waals surface area contributed by atoms with Crippen LogP contribution >= 0.6 is 15.9 Å². The summed E-state index contributed by atoms with van der Waals surface area (Å²) in [6.07, 6.45) is 1.68. The molecule has 1 heterocycles. The maximum absolute atomic E-state index is 11.5. The van der Waals surface area contributed by atoms with Crippen molar-refractivity contribution in [3.8, 4) is 0 Å². The average molecular weight is 273 g/mol. The molecular weight excluding hydrogens is 260 g/mol. The molecule has 0 aromatic carbocycles. The van der Waals surface area contributed by atoms with E-state index in [-0.39, 0.29) is 12.5 Å². The van der Waals surface area contributed by atoms with Gasteiger partial charge in [0.1, 0.15) is 5.69 Å². The minimum atomic E-state index is -0.496. The van der Waals surface area contributed by atoms with Crippen molar-refractivity contribution in [2.45, 2.75) is 19.4 Å². The van der Waals surface area contributed by atoms with Crippen molar-refractivity contribution in [2.75, 3.05) is 6.54 Å². The quantitative estimate of drug-likeness (QED) is 0.870. The van der Waals surface area contributed by atoms with E-state index in [1.54, 1.807) is 18.3 Å². The van der Waals surface area contributed by atoms with Crippen LogP contribution in [0.4, 0.5) is 0 Å². The molecule has 0 aliphatic rings. The molecule has 1 amide bonds. The number of carbonyl (C=O) groups excluding carboxylic acids is 1. The number of aliphatic hydroxyl groups is 1. The summed E-state index contributed by atoms with van der Waals surface area (Å²) in [5.41, 5.74) is 0.349. The molecule has 0 spiro atoms. The normalized spacial score (nSPS) is 12.2. The van der Waals surface area contributed by atoms with E-state index < -0.39 is 6.10 Å². The highest BCUT2D eigenvalue weighted by molar-refractivity contribution is 9.10. The first-order valence-electron chi connectivity index (χ1n) is 4.71. The molecule has 0 aliphatic heterocycles. The molecule has 1 aromatic heterocycles. The zero-order valence-electron chi connectivity index (χ0n) is 8.40. The molecule has 0 aliphatic carbocycles. The van der Waals surface area contributed by atoms with E-state index in [0.29, 0.717) is 12.1 Å². The first-order chi connectivity index (χ1) is 7.13. The Morgan fingerprint density at radius 3 is 2.93 bits per heavy atom. The van der Waals surface area contributed by atoms with E-state index in [2.05, 4.69) is 26.2 Å². The molecule has 0 radical (unpaired) electrons. The van der Waals surface area contributed by atoms with Crippen LogP contribution in [0.1, 0.15) is 23.8 Å². The molecule has 2 N–H and O–H groups in total. The van der Waals surface area contributed by atoms with Gasteiger partial charge in [0.25, 0.3) is 5.91 Å². The fraction of sp³-hybridized carbons (Fsp3) is 0.400. The van der Waals surface area contributed by atoms with Crippen molar-refractivity contribution in [3.63, 3.8) is 0 Å². The van der Waals surface area contributed by atoms with Gasteiger partial charge in [0, 0.05) is 17.2 Å². The molecule has 0 saturated carbocycles. The number of carbonyl (C=O) groups is 1. The smallest absolute Gasteiger partial charge is 0.269 e. The van der Waals surface area contributed by atoms with Gasteiger partial charge in [-0.3, -0.25) is 4.79 Å². The molecule has 1 atom stereocenters. The minimum Gasteiger partial charge on any atom is -0.391 e. The van der Waals surface area contributed by atoms with Crippen LogP contribution in [-0.2, 0) is 0 Å². The zero-order valence-corrected chi connectivity index (χ0v) is 9.99. The highest BCUT2D eigenvalue weighted by atomic mass is 79.9. The summed E-state index contributed by atoms with van der Waals surface area (Å²) in [5, 5.41) is 11.9. The van der Waals surface area contributed by atoms with Gasteiger partial charge in [0.2, 0.25) is 0 Å². The molecule has 1 rings (SSSR count). The predicted octanol–water partition coefficient (Wildman–Crippen LogP) is 1.34. The number of aromatic nitrogens is 1. The zero-order chi connectivity index (χ0) is 11.3. The number of amides is 1. The van der Waals surface area contributed by atoms with Gasteiger partial charge in [-0.2, -0.15) is 0 Å². The van der Waals surface area contributed by atoms with E-state index >= 15 is 0 Å². The molecule has 1 aromatic rings. The van der Waals surface area contributed by atoms with Gasteiger partial charge in [-0.15, -0.1) is 0 Å². The van der Waals surface area contributed by atoms with Gasteiger partial charge >= 0.3 is 0 Å². The number of aliphatic hydroxyl groups excluding tert-OH is 1. The van der Waals surface area contributed by atoms with Crippen LogP contribution < -0.4 is 5.32 Å². The summed E-state index contributed by atoms with van der Waals surface area (Å²) in [6.45, 7) is 2.11. The van der Waals surface area contributed by atoms with Gasteiger partial charge in [-0.05, 0) is 34.5 Å². The van der Waals surface area contributed by atoms with Crippen molar-refractivity contribution in [1.82, 2.24) is 10.3 Å². The number of nitrogens with zero attached hydrogens (tertiary/aromatic N) is 1. The summed E-state index contributed by atoms with van der Waals surface area (Å²) in [6, 6.07) is 3.37. The van der Waals surface area contributed by atoms with Crippen LogP contribution in [0.3, 0.4) is 0 Å². The Hall–Kier alpha value is -0.940. The van der Waals surface area contributed by atoms with Gasteiger partial charge in [0.05, 0.1) is 6.10 Å². The monoisotopic (exact) mass is 272 g/mol. The topological polar surface area (TPSA) is 62.2 Å². The Bertz CT molecular complexity index is 327. The summed E-state index contributed by atoms with van der Waals surface area (Å²) in [5.74, 6) is -0.269. The Morgan fingerprint density at radius 2 is 2.40 bits per heavy atom. The Labute approximate surface area is 96.8 Å². The van der Waals surface area contributed by atoms with Gasteiger partial charge < -0.3 is 10.4 Å². The Morgan fingerprint density at radius 1 is 1.67 bits per heavy atom. The number of halogens is 1. The van der Waals surface area contributed by atoms with E-state index in [1.807, 2.05) is 6.92 Å². The number of hydrogen-bond acceptors (Lipinski definition) is 3. The lowest BCUT2D eigenvalue weighted by Gasteiger charge is -2.08. The van der Waals surface area contributed by atoms with E-state index in [4.69, 9.17) is 0 Å². The van der Waals surface area contributed by atoms with Crippen LogP contribution in [0.2, 0.25) is 0 Å². The van der Waals surface area contributed by atoms with Crippen LogP contribution in [-0.4, -0.2) is 28.6 Å². The van der Waals surface area contributed by atoms with Crippen LogP contribution in [0.5, 0.6) is 0 Å². The fourth-order valence-electron chi connectivity index (χ4n) is 0.956. The van der Waals surface area contributed by atoms with Crippen molar-refractivity contribution < 1.29 is 9.90 Å². The molecule has 5 heteroatoms. The first-order valence-corrected chi connectivity index (χ1v) is 5.50. The highest BCUT2D eigenvalue weighted by Crippen LogP contribution is 2.07. The van der Waals surface area contributed by atoms with Crippen LogP contribution in [0, 0.1) is 0 Å². The number of nitrogens with one attached hydrogen (secondary N) is 1. The van der Waals surface area contributed by atoms with Crippen molar-refractivity contribution >= 4 is 21.8 Å². The maximum Gasteiger partial charge on any atom is 0.269 e. The molecule has 15 heavy (non-hydrogen) atoms. The fourth-order valence-corrected chi connectivity index (χ4v) is 1.19. The third-order valence-electron chi connectivity index (χ3n) is 1.93. The van der Waals surface area contributed by atoms with Gasteiger partial charge in [-0.25, -0.2) is 4.98 Å². The van der Waals surface area contributed by atoms with E-state index in [0.717, 1.165) is 4.47 Å². The van der Waals surface area contributed by atoms with Gasteiger partial charge in [0.15, 0.2) is 0 Å². The number of pyridine rings is 1. The molecular formula is C10H13BrN2O2. The van der Waals surface area contributed by atoms with Crippen molar-refractivity contribution in [1.29, 1.82) is 0 Å². The van der Waals surface area contributed by atoms with E-state index in [1.165, 1.54) is 0 Å². The van der Waals surface area contributed by atoms with Crippen molar-refractivity contribution in [2.24, 2.45) is 0 Å². The lowest BCUT2D eigenvalue weighted by atomic mass is 10.2. The summed E-state index contributed by atoms with van der Waals surface area (Å²) < 4.78 is 0.827. The molecule has 0 saturated heterocycles. The Balaban J connectivity index is 2.50. The molecule has 1 unspecified atom stereocenters. The second kappa shape index (κ2) is 5.82. The number of hydrogen-bond donors (Lipinski definition) is 2. The first kappa shape index (κ1) is 12.1. The third kappa shape index (κ3) is 3.97. The molecule has 0 bridgehead atoms. The van der Waals surface area contributed by atoms with Crippen LogP contribution in [0.15, 0.2) is 22.8 Å². The second-order valence-electron chi connectivity index (χ2n) is 3.13. The summed E-state index contributed by atoms with van der Waals surface area (Å²) >= 11 is 3.23. The van der Waals surface area contributed by atoms with Gasteiger partial charge in [-0.1, -0.05) is 6.92 Å². The van der Waals surface area contributed by atoms with E-state index in [9.17, 15) is 9.90 Å². The SMILES string of the molecule is CCC(O)CNC(=O)c1ccc(Br)cn1. The predicted molar refractivity (Wildman–Crippen MR) is 60.6 cm³/mol. The summed E-state index contributed by atoms with van der Waals surface area (Å²) in [7, 11) is 0. The minimum absolute atomic E-state index is 0.257. The lowest BCUT2D eigenvalue weighted by molar-refractivity contribution is 0.0909. The average Bonchev–Trinajstić information content (AvgIpc) is 2.26. The molecule has 82 valence electrons. The van der Waals surface area contributed by atoms with Crippen molar-refractivity contribution in [3.05, 3.63) is 28.5 Å².